The molecule has 0 unspecified atom stereocenters. The Bertz CT molecular complexity index is 358. The second-order valence-electron chi connectivity index (χ2n) is 3.92. The zero-order valence-corrected chi connectivity index (χ0v) is 10.0. The Morgan fingerprint density at radius 1 is 1.62 bits per heavy atom. The number of carbonyl (C=O) groups excluding carboxylic acids is 1. The van der Waals surface area contributed by atoms with Crippen molar-refractivity contribution < 1.29 is 9.90 Å². The normalized spacial score (nSPS) is 10.8. The summed E-state index contributed by atoms with van der Waals surface area (Å²) in [4.78, 5) is 11.8. The summed E-state index contributed by atoms with van der Waals surface area (Å²) in [5.41, 5.74) is 1.41. The lowest BCUT2D eigenvalue weighted by molar-refractivity contribution is 0.0943. The molecule has 1 aromatic heterocycles. The minimum atomic E-state index is -0.169. The predicted octanol–water partition coefficient (Wildman–Crippen LogP) is 0.749. The third kappa shape index (κ3) is 2.82. The summed E-state index contributed by atoms with van der Waals surface area (Å²) in [5, 5.41) is 15.6. The van der Waals surface area contributed by atoms with Crippen LogP contribution in [0.1, 0.15) is 42.7 Å². The molecule has 1 rings (SSSR count). The zero-order chi connectivity index (χ0) is 12.1. The third-order valence-electron chi connectivity index (χ3n) is 2.30. The molecular weight excluding hydrogens is 206 g/mol. The number of hydrogen-bond acceptors (Lipinski definition) is 3. The number of amides is 1. The first-order valence-electron chi connectivity index (χ1n) is 5.56. The van der Waals surface area contributed by atoms with Crippen LogP contribution in [0.3, 0.4) is 0 Å². The fraction of sp³-hybridized carbons (Fsp3) is 0.636. The van der Waals surface area contributed by atoms with Crippen molar-refractivity contribution in [3.05, 3.63) is 17.5 Å². The lowest BCUT2D eigenvalue weighted by atomic mass is 10.1. The van der Waals surface area contributed by atoms with E-state index in [9.17, 15) is 4.79 Å². The van der Waals surface area contributed by atoms with Crippen molar-refractivity contribution in [2.45, 2.75) is 33.2 Å². The van der Waals surface area contributed by atoms with E-state index in [0.29, 0.717) is 5.56 Å². The number of aliphatic hydroxyl groups is 1. The van der Waals surface area contributed by atoms with Gasteiger partial charge in [0.05, 0.1) is 17.9 Å². The first-order chi connectivity index (χ1) is 7.60. The number of carbonyl (C=O) groups is 1. The molecule has 0 bridgehead atoms. The summed E-state index contributed by atoms with van der Waals surface area (Å²) in [6.07, 6.45) is 1.75. The van der Waals surface area contributed by atoms with Gasteiger partial charge in [-0.3, -0.25) is 9.48 Å². The molecule has 0 spiro atoms. The highest BCUT2D eigenvalue weighted by molar-refractivity contribution is 5.95. The minimum Gasteiger partial charge on any atom is -0.395 e. The van der Waals surface area contributed by atoms with Gasteiger partial charge in [0.25, 0.3) is 5.91 Å². The van der Waals surface area contributed by atoms with E-state index in [1.54, 1.807) is 10.9 Å². The highest BCUT2D eigenvalue weighted by Gasteiger charge is 2.17. The van der Waals surface area contributed by atoms with Crippen molar-refractivity contribution in [3.8, 4) is 0 Å². The van der Waals surface area contributed by atoms with Gasteiger partial charge < -0.3 is 10.4 Å². The third-order valence-corrected chi connectivity index (χ3v) is 2.30. The van der Waals surface area contributed by atoms with Crippen LogP contribution >= 0.6 is 0 Å². The zero-order valence-electron chi connectivity index (χ0n) is 10.0. The van der Waals surface area contributed by atoms with Crippen LogP contribution in [0.25, 0.3) is 0 Å². The first kappa shape index (κ1) is 12.7. The Hall–Kier alpha value is -1.36. The van der Waals surface area contributed by atoms with Gasteiger partial charge in [-0.15, -0.1) is 0 Å². The van der Waals surface area contributed by atoms with E-state index in [4.69, 9.17) is 5.11 Å². The molecule has 2 N–H and O–H groups in total. The lowest BCUT2D eigenvalue weighted by Crippen LogP contribution is -2.27. The monoisotopic (exact) mass is 225 g/mol. The Balaban J connectivity index is 2.92. The summed E-state index contributed by atoms with van der Waals surface area (Å²) < 4.78 is 1.75. The van der Waals surface area contributed by atoms with Crippen LogP contribution < -0.4 is 5.32 Å². The average Bonchev–Trinajstić information content (AvgIpc) is 2.70. The summed E-state index contributed by atoms with van der Waals surface area (Å²) in [6, 6.07) is 0. The Kier molecular flexibility index (Phi) is 4.49. The Labute approximate surface area is 95.5 Å². The van der Waals surface area contributed by atoms with Gasteiger partial charge in [-0.05, 0) is 12.8 Å². The van der Waals surface area contributed by atoms with Crippen molar-refractivity contribution in [1.82, 2.24) is 15.1 Å². The van der Waals surface area contributed by atoms with Crippen LogP contribution in [0.2, 0.25) is 0 Å². The van der Waals surface area contributed by atoms with E-state index in [0.717, 1.165) is 12.2 Å². The van der Waals surface area contributed by atoms with Gasteiger partial charge in [-0.2, -0.15) is 5.10 Å². The maximum absolute atomic E-state index is 11.8. The van der Waals surface area contributed by atoms with Crippen molar-refractivity contribution in [2.75, 3.05) is 13.2 Å². The van der Waals surface area contributed by atoms with E-state index >= 15 is 0 Å². The fourth-order valence-corrected chi connectivity index (χ4v) is 1.46. The first-order valence-corrected chi connectivity index (χ1v) is 5.56. The highest BCUT2D eigenvalue weighted by Crippen LogP contribution is 2.17. The van der Waals surface area contributed by atoms with E-state index in [-0.39, 0.29) is 25.0 Å². The van der Waals surface area contributed by atoms with Gasteiger partial charge in [0.1, 0.15) is 0 Å². The average molecular weight is 225 g/mol. The highest BCUT2D eigenvalue weighted by atomic mass is 16.3. The molecule has 0 fully saturated rings. The molecule has 0 atom stereocenters. The van der Waals surface area contributed by atoms with Crippen LogP contribution in [0.4, 0.5) is 0 Å². The molecule has 90 valence electrons. The molecule has 5 heteroatoms. The molecule has 0 aliphatic rings. The van der Waals surface area contributed by atoms with Crippen LogP contribution in [-0.2, 0) is 6.54 Å². The molecule has 0 radical (unpaired) electrons. The summed E-state index contributed by atoms with van der Waals surface area (Å²) in [6.45, 7) is 6.95. The molecule has 0 aliphatic carbocycles. The maximum Gasteiger partial charge on any atom is 0.254 e. The molecule has 0 aliphatic heterocycles. The molecule has 0 aromatic carbocycles. The van der Waals surface area contributed by atoms with Crippen molar-refractivity contribution in [2.24, 2.45) is 0 Å². The van der Waals surface area contributed by atoms with Gasteiger partial charge in [0.15, 0.2) is 0 Å². The molecule has 1 heterocycles. The fourth-order valence-electron chi connectivity index (χ4n) is 1.46. The molecule has 5 nitrogen and oxygen atoms in total. The minimum absolute atomic E-state index is 0.0509. The number of hydrogen-bond donors (Lipinski definition) is 2. The second-order valence-corrected chi connectivity index (χ2v) is 3.92. The topological polar surface area (TPSA) is 67.2 Å². The van der Waals surface area contributed by atoms with E-state index in [1.165, 1.54) is 0 Å². The molecule has 16 heavy (non-hydrogen) atoms. The number of aryl methyl sites for hydroxylation is 1. The maximum atomic E-state index is 11.8. The van der Waals surface area contributed by atoms with Gasteiger partial charge in [0.2, 0.25) is 0 Å². The number of rotatable bonds is 5. The van der Waals surface area contributed by atoms with E-state index in [1.807, 2.05) is 20.8 Å². The number of nitrogens with one attached hydrogen (secondary N) is 1. The van der Waals surface area contributed by atoms with Crippen molar-refractivity contribution in [1.29, 1.82) is 0 Å². The Morgan fingerprint density at radius 2 is 2.31 bits per heavy atom. The van der Waals surface area contributed by atoms with E-state index in [2.05, 4.69) is 10.4 Å². The Morgan fingerprint density at radius 3 is 2.81 bits per heavy atom. The SMILES string of the molecule is CCn1cc(C(=O)NCCO)c(C(C)C)n1. The van der Waals surface area contributed by atoms with Gasteiger partial charge >= 0.3 is 0 Å². The molecular formula is C11H19N3O2. The number of nitrogens with zero attached hydrogens (tertiary/aromatic N) is 2. The standard InChI is InChI=1S/C11H19N3O2/c1-4-14-7-9(10(13-14)8(2)3)11(16)12-5-6-15/h7-8,15H,4-6H2,1-3H3,(H,12,16). The van der Waals surface area contributed by atoms with Crippen LogP contribution in [-0.4, -0.2) is 33.9 Å². The van der Waals surface area contributed by atoms with Crippen LogP contribution in [0.15, 0.2) is 6.20 Å². The summed E-state index contributed by atoms with van der Waals surface area (Å²) in [7, 11) is 0. The van der Waals surface area contributed by atoms with E-state index < -0.39 is 0 Å². The molecule has 1 amide bonds. The van der Waals surface area contributed by atoms with Crippen LogP contribution in [0, 0.1) is 0 Å². The summed E-state index contributed by atoms with van der Waals surface area (Å²) in [5.74, 6) is 0.0418. The van der Waals surface area contributed by atoms with Crippen molar-refractivity contribution >= 4 is 5.91 Å². The predicted molar refractivity (Wildman–Crippen MR) is 61.4 cm³/mol. The molecule has 1 aromatic rings. The number of aromatic nitrogens is 2. The van der Waals surface area contributed by atoms with Gasteiger partial charge in [0, 0.05) is 19.3 Å². The largest absolute Gasteiger partial charge is 0.395 e. The van der Waals surface area contributed by atoms with Gasteiger partial charge in [-0.25, -0.2) is 0 Å². The summed E-state index contributed by atoms with van der Waals surface area (Å²) >= 11 is 0. The van der Waals surface area contributed by atoms with Crippen molar-refractivity contribution in [3.63, 3.8) is 0 Å². The molecule has 0 saturated heterocycles. The number of aliphatic hydroxyl groups excluding tert-OH is 1. The second kappa shape index (κ2) is 5.65. The van der Waals surface area contributed by atoms with Gasteiger partial charge in [-0.1, -0.05) is 13.8 Å². The lowest BCUT2D eigenvalue weighted by Gasteiger charge is -2.05. The molecule has 0 saturated carbocycles. The van der Waals surface area contributed by atoms with Crippen LogP contribution in [0.5, 0.6) is 0 Å². The quantitative estimate of drug-likeness (QED) is 0.777. The smallest absolute Gasteiger partial charge is 0.254 e.